The molecule has 0 N–H and O–H groups in total. The highest BCUT2D eigenvalue weighted by molar-refractivity contribution is 7.99. The van der Waals surface area contributed by atoms with Crippen molar-refractivity contribution in [2.75, 3.05) is 7.11 Å². The van der Waals surface area contributed by atoms with E-state index in [1.54, 1.807) is 24.7 Å². The second-order valence-corrected chi connectivity index (χ2v) is 7.48. The third-order valence-corrected chi connectivity index (χ3v) is 5.27. The highest BCUT2D eigenvalue weighted by Crippen LogP contribution is 2.34. The summed E-state index contributed by atoms with van der Waals surface area (Å²) < 4.78 is 12.5. The van der Waals surface area contributed by atoms with E-state index in [1.165, 1.54) is 11.8 Å². The fraction of sp³-hybridized carbons (Fsp3) is 0.200. The molecule has 0 unspecified atom stereocenters. The SMILES string of the molecule is COc1cccc(-n2c(S[C@H](C)c3nnc(C)o3)nc3ccccc3c2=O)c1. The van der Waals surface area contributed by atoms with Crippen LogP contribution in [0.4, 0.5) is 0 Å². The van der Waals surface area contributed by atoms with Gasteiger partial charge in [-0.25, -0.2) is 4.98 Å². The number of benzene rings is 2. The number of nitrogens with zero attached hydrogens (tertiary/aromatic N) is 4. The first-order valence-electron chi connectivity index (χ1n) is 8.69. The van der Waals surface area contributed by atoms with E-state index in [1.807, 2.05) is 49.4 Å². The number of aryl methyl sites for hydroxylation is 1. The van der Waals surface area contributed by atoms with Gasteiger partial charge in [0.1, 0.15) is 5.75 Å². The van der Waals surface area contributed by atoms with Gasteiger partial charge in [0.25, 0.3) is 5.56 Å². The number of methoxy groups -OCH3 is 1. The van der Waals surface area contributed by atoms with Crippen LogP contribution in [0.2, 0.25) is 0 Å². The number of ether oxygens (including phenoxy) is 1. The molecule has 0 saturated heterocycles. The molecule has 2 aromatic heterocycles. The average Bonchev–Trinajstić information content (AvgIpc) is 3.15. The molecule has 2 heterocycles. The summed E-state index contributed by atoms with van der Waals surface area (Å²) in [5, 5.41) is 8.89. The van der Waals surface area contributed by atoms with Crippen LogP contribution in [0.3, 0.4) is 0 Å². The second kappa shape index (κ2) is 7.47. The summed E-state index contributed by atoms with van der Waals surface area (Å²) in [5.74, 6) is 1.65. The van der Waals surface area contributed by atoms with Gasteiger partial charge in [-0.15, -0.1) is 10.2 Å². The number of aromatic nitrogens is 4. The van der Waals surface area contributed by atoms with Crippen LogP contribution in [0, 0.1) is 6.92 Å². The maximum absolute atomic E-state index is 13.3. The van der Waals surface area contributed by atoms with E-state index < -0.39 is 0 Å². The van der Waals surface area contributed by atoms with Gasteiger partial charge in [0.2, 0.25) is 11.8 Å². The third kappa shape index (κ3) is 3.38. The van der Waals surface area contributed by atoms with Crippen LogP contribution in [0.25, 0.3) is 16.6 Å². The number of para-hydroxylation sites is 1. The van der Waals surface area contributed by atoms with E-state index in [2.05, 4.69) is 10.2 Å². The lowest BCUT2D eigenvalue weighted by Gasteiger charge is -2.15. The molecule has 8 heteroatoms. The second-order valence-electron chi connectivity index (χ2n) is 6.17. The molecule has 4 aromatic rings. The van der Waals surface area contributed by atoms with Crippen molar-refractivity contribution >= 4 is 22.7 Å². The van der Waals surface area contributed by atoms with Crippen molar-refractivity contribution in [1.29, 1.82) is 0 Å². The highest BCUT2D eigenvalue weighted by atomic mass is 32.2. The Morgan fingerprint density at radius 1 is 1.14 bits per heavy atom. The van der Waals surface area contributed by atoms with E-state index in [0.29, 0.717) is 39.3 Å². The molecular weight excluding hydrogens is 376 g/mol. The number of rotatable bonds is 5. The minimum atomic E-state index is -0.175. The van der Waals surface area contributed by atoms with E-state index in [-0.39, 0.29) is 10.8 Å². The van der Waals surface area contributed by atoms with E-state index in [4.69, 9.17) is 14.1 Å². The predicted octanol–water partition coefficient (Wildman–Crippen LogP) is 3.94. The maximum Gasteiger partial charge on any atom is 0.266 e. The Hall–Kier alpha value is -3.13. The van der Waals surface area contributed by atoms with Gasteiger partial charge in [-0.1, -0.05) is 30.0 Å². The van der Waals surface area contributed by atoms with Gasteiger partial charge >= 0.3 is 0 Å². The van der Waals surface area contributed by atoms with Gasteiger partial charge in [0, 0.05) is 13.0 Å². The van der Waals surface area contributed by atoms with Crippen LogP contribution < -0.4 is 10.3 Å². The fourth-order valence-corrected chi connectivity index (χ4v) is 3.81. The van der Waals surface area contributed by atoms with Gasteiger partial charge in [-0.2, -0.15) is 0 Å². The quantitative estimate of drug-likeness (QED) is 0.374. The fourth-order valence-electron chi connectivity index (χ4n) is 2.85. The Kier molecular flexibility index (Phi) is 4.87. The van der Waals surface area contributed by atoms with Crippen molar-refractivity contribution in [3.63, 3.8) is 0 Å². The molecule has 0 amide bonds. The summed E-state index contributed by atoms with van der Waals surface area (Å²) in [6.45, 7) is 3.68. The zero-order valence-electron chi connectivity index (χ0n) is 15.6. The zero-order valence-corrected chi connectivity index (χ0v) is 16.4. The molecule has 2 aromatic carbocycles. The van der Waals surface area contributed by atoms with Crippen molar-refractivity contribution in [3.05, 3.63) is 70.7 Å². The third-order valence-electron chi connectivity index (χ3n) is 4.23. The molecule has 0 aliphatic heterocycles. The molecule has 0 radical (unpaired) electrons. The summed E-state index contributed by atoms with van der Waals surface area (Å²) in [7, 11) is 1.59. The lowest BCUT2D eigenvalue weighted by molar-refractivity contribution is 0.414. The molecule has 28 heavy (non-hydrogen) atoms. The Morgan fingerprint density at radius 2 is 1.96 bits per heavy atom. The molecule has 0 fully saturated rings. The minimum absolute atomic E-state index is 0.143. The highest BCUT2D eigenvalue weighted by Gasteiger charge is 2.20. The van der Waals surface area contributed by atoms with Crippen LogP contribution in [-0.4, -0.2) is 26.9 Å². The average molecular weight is 394 g/mol. The predicted molar refractivity (Wildman–Crippen MR) is 107 cm³/mol. The Labute approximate surface area is 165 Å². The van der Waals surface area contributed by atoms with Gasteiger partial charge in [-0.3, -0.25) is 9.36 Å². The number of hydrogen-bond donors (Lipinski definition) is 0. The monoisotopic (exact) mass is 394 g/mol. The molecule has 4 rings (SSSR count). The number of fused-ring (bicyclic) bond motifs is 1. The van der Waals surface area contributed by atoms with Crippen molar-refractivity contribution in [2.45, 2.75) is 24.3 Å². The summed E-state index contributed by atoms with van der Waals surface area (Å²) in [6.07, 6.45) is 0. The zero-order chi connectivity index (χ0) is 19.7. The Balaban J connectivity index is 1.89. The lowest BCUT2D eigenvalue weighted by Crippen LogP contribution is -2.22. The van der Waals surface area contributed by atoms with Crippen LogP contribution in [0.15, 0.2) is 62.9 Å². The molecule has 0 saturated carbocycles. The normalized spacial score (nSPS) is 12.2. The molecule has 142 valence electrons. The first-order valence-corrected chi connectivity index (χ1v) is 9.57. The van der Waals surface area contributed by atoms with Gasteiger partial charge in [0.15, 0.2) is 5.16 Å². The maximum atomic E-state index is 13.3. The molecule has 7 nitrogen and oxygen atoms in total. The summed E-state index contributed by atoms with van der Waals surface area (Å²) in [5.41, 5.74) is 1.18. The first kappa shape index (κ1) is 18.2. The summed E-state index contributed by atoms with van der Waals surface area (Å²) in [4.78, 5) is 18.0. The largest absolute Gasteiger partial charge is 0.497 e. The van der Waals surface area contributed by atoms with Gasteiger partial charge in [0.05, 0.1) is 29.0 Å². The number of hydrogen-bond acceptors (Lipinski definition) is 7. The van der Waals surface area contributed by atoms with Crippen LogP contribution >= 0.6 is 11.8 Å². The Bertz CT molecular complexity index is 1200. The van der Waals surface area contributed by atoms with Crippen molar-refractivity contribution in [3.8, 4) is 11.4 Å². The van der Waals surface area contributed by atoms with Gasteiger partial charge < -0.3 is 9.15 Å². The van der Waals surface area contributed by atoms with Crippen molar-refractivity contribution < 1.29 is 9.15 Å². The molecule has 0 aliphatic rings. The molecule has 0 spiro atoms. The summed E-state index contributed by atoms with van der Waals surface area (Å²) in [6, 6.07) is 14.6. The van der Waals surface area contributed by atoms with Crippen LogP contribution in [0.1, 0.15) is 24.0 Å². The van der Waals surface area contributed by atoms with E-state index >= 15 is 0 Å². The standard InChI is InChI=1S/C20H18N4O3S/c1-12(18-23-22-13(2)27-18)28-20-21-17-10-5-4-9-16(17)19(25)24(20)14-7-6-8-15(11-14)26-3/h4-12H,1-3H3/t12-/m1/s1. The smallest absolute Gasteiger partial charge is 0.266 e. The topological polar surface area (TPSA) is 83.0 Å². The first-order chi connectivity index (χ1) is 13.6. The van der Waals surface area contributed by atoms with Crippen molar-refractivity contribution in [2.24, 2.45) is 0 Å². The van der Waals surface area contributed by atoms with Crippen LogP contribution in [-0.2, 0) is 0 Å². The number of thioether (sulfide) groups is 1. The molecule has 0 aliphatic carbocycles. The van der Waals surface area contributed by atoms with E-state index in [0.717, 1.165) is 0 Å². The summed E-state index contributed by atoms with van der Waals surface area (Å²) >= 11 is 1.39. The Morgan fingerprint density at radius 3 is 2.71 bits per heavy atom. The van der Waals surface area contributed by atoms with Crippen molar-refractivity contribution in [1.82, 2.24) is 19.7 Å². The van der Waals surface area contributed by atoms with Crippen LogP contribution in [0.5, 0.6) is 5.75 Å². The molecule has 0 bridgehead atoms. The molecule has 1 atom stereocenters. The minimum Gasteiger partial charge on any atom is -0.497 e. The van der Waals surface area contributed by atoms with E-state index in [9.17, 15) is 4.79 Å². The van der Waals surface area contributed by atoms with Gasteiger partial charge in [-0.05, 0) is 31.2 Å². The molecular formula is C20H18N4O3S. The lowest BCUT2D eigenvalue weighted by atomic mass is 10.2.